The zero-order valence-electron chi connectivity index (χ0n) is 41.5. The molecule has 0 fully saturated rings. The Hall–Kier alpha value is -9.96. The fourth-order valence-corrected chi connectivity index (χ4v) is 13.2. The van der Waals surface area contributed by atoms with E-state index in [1.807, 2.05) is 0 Å². The number of fused-ring (bicyclic) bond motifs is 14. The van der Waals surface area contributed by atoms with Gasteiger partial charge in [0.15, 0.2) is 0 Å². The van der Waals surface area contributed by atoms with E-state index >= 15 is 0 Å². The van der Waals surface area contributed by atoms with Crippen LogP contribution in [0.4, 0.5) is 0 Å². The molecule has 1 aliphatic rings. The van der Waals surface area contributed by atoms with Crippen molar-refractivity contribution in [3.05, 3.63) is 296 Å². The van der Waals surface area contributed by atoms with Crippen LogP contribution in [0.5, 0.6) is 0 Å². The van der Waals surface area contributed by atoms with Gasteiger partial charge >= 0.3 is 0 Å². The number of para-hydroxylation sites is 6. The maximum absolute atomic E-state index is 2.53. The van der Waals surface area contributed by atoms with Crippen molar-refractivity contribution < 1.29 is 0 Å². The van der Waals surface area contributed by atoms with E-state index in [1.54, 1.807) is 0 Å². The van der Waals surface area contributed by atoms with Crippen molar-refractivity contribution >= 4 is 97.7 Å². The molecule has 3 heteroatoms. The lowest BCUT2D eigenvalue weighted by Crippen LogP contribution is -2.01. The number of hydrogen-bond acceptors (Lipinski definition) is 0. The van der Waals surface area contributed by atoms with Gasteiger partial charge in [-0.1, -0.05) is 206 Å². The summed E-state index contributed by atoms with van der Waals surface area (Å²) in [5.74, 6) is 0.164. The average Bonchev–Trinajstić information content (AvgIpc) is 4.07. The summed E-state index contributed by atoms with van der Waals surface area (Å²) < 4.78 is 7.44. The van der Waals surface area contributed by atoms with Crippen molar-refractivity contribution in [2.24, 2.45) is 0 Å². The largest absolute Gasteiger partial charge is 0.309 e. The molecule has 1 aliphatic carbocycles. The molecule has 0 amide bonds. The van der Waals surface area contributed by atoms with Gasteiger partial charge in [-0.25, -0.2) is 0 Å². The molecule has 0 N–H and O–H groups in total. The van der Waals surface area contributed by atoms with Gasteiger partial charge in [0, 0.05) is 55.3 Å². The molecular formula is C73H47N3. The second-order valence-corrected chi connectivity index (χ2v) is 20.3. The summed E-state index contributed by atoms with van der Waals surface area (Å²) in [5, 5.41) is 14.3. The van der Waals surface area contributed by atoms with E-state index in [9.17, 15) is 0 Å². The second kappa shape index (κ2) is 16.8. The zero-order valence-corrected chi connectivity index (χ0v) is 41.5. The summed E-state index contributed by atoms with van der Waals surface area (Å²) in [7, 11) is 0. The Kier molecular flexibility index (Phi) is 9.40. The summed E-state index contributed by atoms with van der Waals surface area (Å²) in [6.45, 7) is 0. The van der Waals surface area contributed by atoms with Gasteiger partial charge < -0.3 is 13.7 Å². The monoisotopic (exact) mass is 965 g/mol. The highest BCUT2D eigenvalue weighted by molar-refractivity contribution is 6.33. The minimum Gasteiger partial charge on any atom is -0.309 e. The number of aromatic nitrogens is 3. The lowest BCUT2D eigenvalue weighted by molar-refractivity contribution is 1.01. The van der Waals surface area contributed by atoms with Gasteiger partial charge in [-0.05, 0) is 133 Å². The van der Waals surface area contributed by atoms with E-state index in [0.717, 1.165) is 49.9 Å². The third-order valence-corrected chi connectivity index (χ3v) is 16.3. The van der Waals surface area contributed by atoms with Gasteiger partial charge in [0.1, 0.15) is 0 Å². The number of rotatable bonds is 4. The molecule has 15 aromatic rings. The first-order valence-corrected chi connectivity index (χ1v) is 26.4. The summed E-state index contributed by atoms with van der Waals surface area (Å²) in [5.41, 5.74) is 16.8. The first-order valence-electron chi connectivity index (χ1n) is 26.4. The van der Waals surface area contributed by atoms with Crippen LogP contribution >= 0.6 is 0 Å². The van der Waals surface area contributed by atoms with Crippen LogP contribution in [0.1, 0.15) is 22.6 Å². The molecule has 0 radical (unpaired) electrons. The highest BCUT2D eigenvalue weighted by Crippen LogP contribution is 2.49. The zero-order chi connectivity index (χ0) is 49.8. The van der Waals surface area contributed by atoms with E-state index in [4.69, 9.17) is 0 Å². The summed E-state index contributed by atoms with van der Waals surface area (Å²) >= 11 is 0. The highest BCUT2D eigenvalue weighted by atomic mass is 15.0. The molecule has 0 spiro atoms. The van der Waals surface area contributed by atoms with E-state index in [1.165, 1.54) is 92.7 Å². The van der Waals surface area contributed by atoms with Gasteiger partial charge in [-0.3, -0.25) is 0 Å². The molecule has 3 aromatic heterocycles. The fourth-order valence-electron chi connectivity index (χ4n) is 13.2. The maximum Gasteiger partial charge on any atom is 0.0542 e. The van der Waals surface area contributed by atoms with Crippen LogP contribution in [0, 0.1) is 0 Å². The standard InChI is InChI=1S/C73H47N3/c1-3-21-47(22-4-1)71-57-31-8-7-25-51(57)63-45-49(41-43-62(63)71)75-65-36-14-9-26-52(65)58-32-19-34-60-54-28-11-16-38-67(54)76(50-42-44-70-64(46-50)56-30-13-18-40-69(56)74(70)48-23-5-2-6-24-48)68-39-17-12-29-55(68)61-35-20-33-59(73(61)72(58)60)53-27-10-15-37-66(53)75/h1-46,71H. The van der Waals surface area contributed by atoms with Gasteiger partial charge in [-0.15, -0.1) is 0 Å². The van der Waals surface area contributed by atoms with Gasteiger partial charge in [0.25, 0.3) is 0 Å². The van der Waals surface area contributed by atoms with Crippen LogP contribution in [0.2, 0.25) is 0 Å². The molecule has 3 nitrogen and oxygen atoms in total. The third-order valence-electron chi connectivity index (χ3n) is 16.3. The van der Waals surface area contributed by atoms with Crippen molar-refractivity contribution in [1.82, 2.24) is 13.7 Å². The number of benzene rings is 12. The predicted octanol–water partition coefficient (Wildman–Crippen LogP) is 19.3. The minimum absolute atomic E-state index is 0.164. The highest BCUT2D eigenvalue weighted by Gasteiger charge is 2.30. The Bertz CT molecular complexity index is 4830. The molecule has 0 aliphatic heterocycles. The summed E-state index contributed by atoms with van der Waals surface area (Å²) in [6, 6.07) is 104. The molecule has 0 saturated carbocycles. The number of nitrogens with zero attached hydrogens (tertiary/aromatic N) is 3. The van der Waals surface area contributed by atoms with Crippen LogP contribution in [-0.2, 0) is 0 Å². The molecule has 0 saturated heterocycles. The molecule has 354 valence electrons. The SMILES string of the molecule is c1ccc(C2c3ccccc3-c3cc(-n4c5ccccc5c5cccc6c7ccccc7n(-c7ccc8c(c7)c7ccccc7n8-c7ccccc7)c7ccccc7c7cccc(c8ccccc84)c7c56)ccc32)cc1. The molecule has 1 atom stereocenters. The van der Waals surface area contributed by atoms with Crippen LogP contribution in [0.25, 0.3) is 126 Å². The van der Waals surface area contributed by atoms with Gasteiger partial charge in [0.05, 0.1) is 33.1 Å². The molecule has 76 heavy (non-hydrogen) atoms. The Morgan fingerprint density at radius 1 is 0.211 bits per heavy atom. The van der Waals surface area contributed by atoms with Crippen LogP contribution < -0.4 is 0 Å². The van der Waals surface area contributed by atoms with Crippen molar-refractivity contribution in [3.63, 3.8) is 0 Å². The van der Waals surface area contributed by atoms with E-state index < -0.39 is 0 Å². The van der Waals surface area contributed by atoms with Gasteiger partial charge in [-0.2, -0.15) is 0 Å². The lowest BCUT2D eigenvalue weighted by Gasteiger charge is -2.17. The summed E-state index contributed by atoms with van der Waals surface area (Å²) in [6.07, 6.45) is 0. The first kappa shape index (κ1) is 42.5. The van der Waals surface area contributed by atoms with Crippen molar-refractivity contribution in [2.75, 3.05) is 0 Å². The van der Waals surface area contributed by atoms with Crippen LogP contribution in [0.15, 0.2) is 279 Å². The average molecular weight is 966 g/mol. The van der Waals surface area contributed by atoms with Gasteiger partial charge in [0.2, 0.25) is 0 Å². The summed E-state index contributed by atoms with van der Waals surface area (Å²) in [4.78, 5) is 0. The molecule has 0 bridgehead atoms. The molecule has 1 unspecified atom stereocenters. The smallest absolute Gasteiger partial charge is 0.0542 e. The Morgan fingerprint density at radius 2 is 0.566 bits per heavy atom. The third kappa shape index (κ3) is 6.23. The molecule has 12 aromatic carbocycles. The Balaban J connectivity index is 1.08. The second-order valence-electron chi connectivity index (χ2n) is 20.3. The van der Waals surface area contributed by atoms with E-state index in [0.29, 0.717) is 0 Å². The molecule has 16 rings (SSSR count). The topological polar surface area (TPSA) is 14.8 Å². The normalized spacial score (nSPS) is 13.1. The van der Waals surface area contributed by atoms with E-state index in [2.05, 4.69) is 293 Å². The number of hydrogen-bond donors (Lipinski definition) is 0. The lowest BCUT2D eigenvalue weighted by atomic mass is 9.89. The Labute approximate surface area is 439 Å². The quantitative estimate of drug-likeness (QED) is 0.167. The van der Waals surface area contributed by atoms with Crippen molar-refractivity contribution in [3.8, 4) is 28.2 Å². The maximum atomic E-state index is 2.53. The van der Waals surface area contributed by atoms with Crippen molar-refractivity contribution in [1.29, 1.82) is 0 Å². The van der Waals surface area contributed by atoms with Crippen molar-refractivity contribution in [2.45, 2.75) is 5.92 Å². The van der Waals surface area contributed by atoms with E-state index in [-0.39, 0.29) is 5.92 Å². The fraction of sp³-hybridized carbons (Fsp3) is 0.0137. The van der Waals surface area contributed by atoms with Crippen LogP contribution in [-0.4, -0.2) is 13.7 Å². The minimum atomic E-state index is 0.164. The van der Waals surface area contributed by atoms with Crippen LogP contribution in [0.3, 0.4) is 0 Å². The molecular weight excluding hydrogens is 919 g/mol. The first-order chi connectivity index (χ1) is 37.8. The Morgan fingerprint density at radius 3 is 1.08 bits per heavy atom. The molecule has 3 heterocycles. The predicted molar refractivity (Wildman–Crippen MR) is 321 cm³/mol.